The zero-order valence-electron chi connectivity index (χ0n) is 16.4. The Labute approximate surface area is 164 Å². The first-order chi connectivity index (χ1) is 13.7. The SMILES string of the molecule is COc1cc(OC)c(/C=N\NC(=O)CN2CCCc3ccccc32)c(OC)c1. The van der Waals surface area contributed by atoms with Crippen molar-refractivity contribution in [3.05, 3.63) is 47.5 Å². The van der Waals surface area contributed by atoms with Gasteiger partial charge in [-0.15, -0.1) is 0 Å². The molecule has 1 N–H and O–H groups in total. The summed E-state index contributed by atoms with van der Waals surface area (Å²) in [6, 6.07) is 11.7. The highest BCUT2D eigenvalue weighted by Gasteiger charge is 2.18. The van der Waals surface area contributed by atoms with Gasteiger partial charge in [-0.3, -0.25) is 4.79 Å². The summed E-state index contributed by atoms with van der Waals surface area (Å²) in [5.41, 5.74) is 5.60. The van der Waals surface area contributed by atoms with Crippen LogP contribution in [0.1, 0.15) is 17.5 Å². The Bertz CT molecular complexity index is 841. The van der Waals surface area contributed by atoms with Crippen LogP contribution in [0.2, 0.25) is 0 Å². The Morgan fingerprint density at radius 1 is 1.14 bits per heavy atom. The Morgan fingerprint density at radius 3 is 2.54 bits per heavy atom. The van der Waals surface area contributed by atoms with Crippen molar-refractivity contribution >= 4 is 17.8 Å². The van der Waals surface area contributed by atoms with Gasteiger partial charge in [-0.1, -0.05) is 18.2 Å². The molecule has 1 aliphatic heterocycles. The molecule has 7 heteroatoms. The minimum atomic E-state index is -0.181. The quantitative estimate of drug-likeness (QED) is 0.588. The Morgan fingerprint density at radius 2 is 1.86 bits per heavy atom. The van der Waals surface area contributed by atoms with Gasteiger partial charge in [0.15, 0.2) is 0 Å². The van der Waals surface area contributed by atoms with Gasteiger partial charge in [0, 0.05) is 24.4 Å². The number of rotatable bonds is 7. The lowest BCUT2D eigenvalue weighted by atomic mass is 10.0. The van der Waals surface area contributed by atoms with E-state index in [1.165, 1.54) is 11.8 Å². The van der Waals surface area contributed by atoms with Crippen LogP contribution in [0.25, 0.3) is 0 Å². The molecule has 0 aliphatic carbocycles. The maximum absolute atomic E-state index is 12.4. The lowest BCUT2D eigenvalue weighted by Crippen LogP contribution is -2.38. The molecule has 7 nitrogen and oxygen atoms in total. The van der Waals surface area contributed by atoms with Crippen molar-refractivity contribution in [3.63, 3.8) is 0 Å². The Kier molecular flexibility index (Phi) is 6.37. The number of benzene rings is 2. The number of ether oxygens (including phenoxy) is 3. The van der Waals surface area contributed by atoms with E-state index in [4.69, 9.17) is 14.2 Å². The molecular formula is C21H25N3O4. The van der Waals surface area contributed by atoms with E-state index >= 15 is 0 Å². The molecule has 28 heavy (non-hydrogen) atoms. The van der Waals surface area contributed by atoms with Crippen molar-refractivity contribution in [1.29, 1.82) is 0 Å². The monoisotopic (exact) mass is 383 g/mol. The highest BCUT2D eigenvalue weighted by Crippen LogP contribution is 2.32. The first-order valence-electron chi connectivity index (χ1n) is 9.11. The van der Waals surface area contributed by atoms with E-state index in [0.717, 1.165) is 25.1 Å². The highest BCUT2D eigenvalue weighted by molar-refractivity contribution is 5.89. The number of carbonyl (C=O) groups is 1. The third kappa shape index (κ3) is 4.36. The third-order valence-corrected chi connectivity index (χ3v) is 4.68. The van der Waals surface area contributed by atoms with E-state index < -0.39 is 0 Å². The van der Waals surface area contributed by atoms with Crippen molar-refractivity contribution in [2.24, 2.45) is 5.10 Å². The van der Waals surface area contributed by atoms with Gasteiger partial charge in [-0.05, 0) is 24.5 Å². The average Bonchev–Trinajstić information content (AvgIpc) is 2.73. The molecule has 1 aliphatic rings. The van der Waals surface area contributed by atoms with Crippen molar-refractivity contribution in [1.82, 2.24) is 5.43 Å². The molecule has 0 atom stereocenters. The second-order valence-corrected chi connectivity index (χ2v) is 6.39. The number of aryl methyl sites for hydroxylation is 1. The summed E-state index contributed by atoms with van der Waals surface area (Å²) in [4.78, 5) is 14.5. The van der Waals surface area contributed by atoms with Crippen molar-refractivity contribution in [2.75, 3.05) is 39.3 Å². The molecular weight excluding hydrogens is 358 g/mol. The van der Waals surface area contributed by atoms with Crippen molar-refractivity contribution in [2.45, 2.75) is 12.8 Å². The van der Waals surface area contributed by atoms with Gasteiger partial charge in [0.2, 0.25) is 0 Å². The first-order valence-corrected chi connectivity index (χ1v) is 9.11. The number of hydrazone groups is 1. The molecule has 0 saturated carbocycles. The van der Waals surface area contributed by atoms with E-state index in [9.17, 15) is 4.79 Å². The normalized spacial score (nSPS) is 13.2. The van der Waals surface area contributed by atoms with E-state index in [1.54, 1.807) is 33.5 Å². The fraction of sp³-hybridized carbons (Fsp3) is 0.333. The molecule has 1 heterocycles. The lowest BCUT2D eigenvalue weighted by molar-refractivity contribution is -0.119. The molecule has 2 aromatic rings. The molecule has 0 saturated heterocycles. The van der Waals surface area contributed by atoms with Gasteiger partial charge in [0.05, 0.1) is 39.7 Å². The van der Waals surface area contributed by atoms with Crippen LogP contribution in [-0.2, 0) is 11.2 Å². The first kappa shape index (κ1) is 19.5. The summed E-state index contributed by atoms with van der Waals surface area (Å²) in [5.74, 6) is 1.51. The molecule has 3 rings (SSSR count). The van der Waals surface area contributed by atoms with Crippen LogP contribution in [0, 0.1) is 0 Å². The summed E-state index contributed by atoms with van der Waals surface area (Å²) in [6.07, 6.45) is 3.59. The summed E-state index contributed by atoms with van der Waals surface area (Å²) in [6.45, 7) is 1.11. The molecule has 2 aromatic carbocycles. The number of nitrogens with zero attached hydrogens (tertiary/aromatic N) is 2. The molecule has 0 radical (unpaired) electrons. The maximum Gasteiger partial charge on any atom is 0.259 e. The number of amides is 1. The predicted molar refractivity (Wildman–Crippen MR) is 109 cm³/mol. The molecule has 0 bridgehead atoms. The molecule has 0 spiro atoms. The predicted octanol–water partition coefficient (Wildman–Crippen LogP) is 2.62. The minimum absolute atomic E-state index is 0.181. The zero-order valence-corrected chi connectivity index (χ0v) is 16.4. The van der Waals surface area contributed by atoms with Crippen LogP contribution >= 0.6 is 0 Å². The molecule has 1 amide bonds. The summed E-state index contributed by atoms with van der Waals surface area (Å²) >= 11 is 0. The Balaban J connectivity index is 1.68. The van der Waals surface area contributed by atoms with Crippen LogP contribution in [0.5, 0.6) is 17.2 Å². The Hall–Kier alpha value is -3.22. The fourth-order valence-electron chi connectivity index (χ4n) is 3.31. The van der Waals surface area contributed by atoms with Crippen LogP contribution in [0.15, 0.2) is 41.5 Å². The summed E-state index contributed by atoms with van der Waals surface area (Å²) in [5, 5.41) is 4.08. The van der Waals surface area contributed by atoms with Gasteiger partial charge in [-0.25, -0.2) is 5.43 Å². The highest BCUT2D eigenvalue weighted by atomic mass is 16.5. The summed E-state index contributed by atoms with van der Waals surface area (Å²) in [7, 11) is 4.68. The van der Waals surface area contributed by atoms with E-state index in [2.05, 4.69) is 27.6 Å². The van der Waals surface area contributed by atoms with Crippen LogP contribution < -0.4 is 24.5 Å². The standard InChI is InChI=1S/C21H25N3O4/c1-26-16-11-19(27-2)17(20(12-16)28-3)13-22-23-21(25)14-24-10-6-8-15-7-4-5-9-18(15)24/h4-5,7,9,11-13H,6,8,10,14H2,1-3H3,(H,23,25)/b22-13-. The van der Waals surface area contributed by atoms with Crippen LogP contribution in [-0.4, -0.2) is 46.5 Å². The van der Waals surface area contributed by atoms with Crippen molar-refractivity contribution < 1.29 is 19.0 Å². The minimum Gasteiger partial charge on any atom is -0.496 e. The van der Waals surface area contributed by atoms with Crippen LogP contribution in [0.3, 0.4) is 0 Å². The molecule has 148 valence electrons. The number of para-hydroxylation sites is 1. The maximum atomic E-state index is 12.4. The van der Waals surface area contributed by atoms with Crippen molar-refractivity contribution in [3.8, 4) is 17.2 Å². The average molecular weight is 383 g/mol. The number of carbonyl (C=O) groups excluding carboxylic acids is 1. The number of methoxy groups -OCH3 is 3. The lowest BCUT2D eigenvalue weighted by Gasteiger charge is -2.30. The largest absolute Gasteiger partial charge is 0.496 e. The number of hydrogen-bond donors (Lipinski definition) is 1. The van der Waals surface area contributed by atoms with Gasteiger partial charge >= 0.3 is 0 Å². The van der Waals surface area contributed by atoms with Gasteiger partial charge in [0.25, 0.3) is 5.91 Å². The topological polar surface area (TPSA) is 72.4 Å². The smallest absolute Gasteiger partial charge is 0.259 e. The number of hydrogen-bond acceptors (Lipinski definition) is 6. The van der Waals surface area contributed by atoms with E-state index in [-0.39, 0.29) is 12.5 Å². The molecule has 0 aromatic heterocycles. The van der Waals surface area contributed by atoms with E-state index in [0.29, 0.717) is 22.8 Å². The zero-order chi connectivity index (χ0) is 19.9. The van der Waals surface area contributed by atoms with E-state index in [1.807, 2.05) is 12.1 Å². The van der Waals surface area contributed by atoms with Crippen LogP contribution in [0.4, 0.5) is 5.69 Å². The summed E-state index contributed by atoms with van der Waals surface area (Å²) < 4.78 is 16.0. The second kappa shape index (κ2) is 9.12. The number of anilines is 1. The molecule has 0 fully saturated rings. The second-order valence-electron chi connectivity index (χ2n) is 6.39. The van der Waals surface area contributed by atoms with Gasteiger partial charge in [-0.2, -0.15) is 5.10 Å². The van der Waals surface area contributed by atoms with Gasteiger partial charge in [0.1, 0.15) is 17.2 Å². The fourth-order valence-corrected chi connectivity index (χ4v) is 3.31. The third-order valence-electron chi connectivity index (χ3n) is 4.68. The van der Waals surface area contributed by atoms with Gasteiger partial charge < -0.3 is 19.1 Å². The number of nitrogens with one attached hydrogen (secondary N) is 1. The number of fused-ring (bicyclic) bond motifs is 1. The molecule has 0 unspecified atom stereocenters.